The lowest BCUT2D eigenvalue weighted by molar-refractivity contribution is -0.118. The standard InChI is InChI=1S/C19H38N2O2/c1-4-5-6-11-14-20-16-19(23)13-10-8-7-9-12-15-21(3)17-18(2)22/h20H,4-17H2,1-3H3. The van der Waals surface area contributed by atoms with Crippen molar-refractivity contribution in [1.82, 2.24) is 10.2 Å². The first-order chi connectivity index (χ1) is 11.1. The zero-order chi connectivity index (χ0) is 17.3. The number of carbonyl (C=O) groups excluding carboxylic acids is 2. The number of rotatable bonds is 17. The van der Waals surface area contributed by atoms with Gasteiger partial charge in [0, 0.05) is 6.42 Å². The normalized spacial score (nSPS) is 11.1. The molecule has 23 heavy (non-hydrogen) atoms. The molecule has 0 aromatic heterocycles. The van der Waals surface area contributed by atoms with Gasteiger partial charge in [0.25, 0.3) is 0 Å². The van der Waals surface area contributed by atoms with Crippen LogP contribution in [0.15, 0.2) is 0 Å². The van der Waals surface area contributed by atoms with Crippen molar-refractivity contribution < 1.29 is 9.59 Å². The minimum atomic E-state index is 0.227. The molecule has 0 aromatic carbocycles. The summed E-state index contributed by atoms with van der Waals surface area (Å²) in [7, 11) is 2.00. The summed E-state index contributed by atoms with van der Waals surface area (Å²) >= 11 is 0. The van der Waals surface area contributed by atoms with Gasteiger partial charge in [0.1, 0.15) is 11.6 Å². The Labute approximate surface area is 143 Å². The highest BCUT2D eigenvalue weighted by Crippen LogP contribution is 2.06. The van der Waals surface area contributed by atoms with Gasteiger partial charge in [-0.15, -0.1) is 0 Å². The Balaban J connectivity index is 3.27. The van der Waals surface area contributed by atoms with E-state index in [1.807, 2.05) is 7.05 Å². The summed E-state index contributed by atoms with van der Waals surface area (Å²) in [5, 5.41) is 3.25. The number of nitrogens with one attached hydrogen (secondary N) is 1. The minimum absolute atomic E-state index is 0.227. The zero-order valence-electron chi connectivity index (χ0n) is 15.7. The molecule has 0 radical (unpaired) electrons. The first kappa shape index (κ1) is 22.3. The second-order valence-electron chi connectivity index (χ2n) is 6.73. The lowest BCUT2D eigenvalue weighted by Crippen LogP contribution is -2.25. The third-order valence-electron chi connectivity index (χ3n) is 4.02. The topological polar surface area (TPSA) is 49.4 Å². The quantitative estimate of drug-likeness (QED) is 0.415. The van der Waals surface area contributed by atoms with Crippen molar-refractivity contribution >= 4 is 11.6 Å². The van der Waals surface area contributed by atoms with Gasteiger partial charge in [-0.05, 0) is 46.3 Å². The molecule has 0 unspecified atom stereocenters. The van der Waals surface area contributed by atoms with Gasteiger partial charge in [0.2, 0.25) is 0 Å². The number of carbonyl (C=O) groups is 2. The lowest BCUT2D eigenvalue weighted by atomic mass is 10.1. The van der Waals surface area contributed by atoms with Gasteiger partial charge in [-0.3, -0.25) is 14.5 Å². The van der Waals surface area contributed by atoms with Crippen LogP contribution >= 0.6 is 0 Å². The van der Waals surface area contributed by atoms with Crippen molar-refractivity contribution in [2.75, 3.05) is 33.2 Å². The van der Waals surface area contributed by atoms with E-state index in [-0.39, 0.29) is 5.78 Å². The van der Waals surface area contributed by atoms with Crippen LogP contribution in [0.25, 0.3) is 0 Å². The molecule has 0 aromatic rings. The van der Waals surface area contributed by atoms with E-state index in [9.17, 15) is 9.59 Å². The highest BCUT2D eigenvalue weighted by atomic mass is 16.1. The molecule has 0 heterocycles. The average Bonchev–Trinajstić information content (AvgIpc) is 2.49. The number of unbranched alkanes of at least 4 members (excludes halogenated alkanes) is 7. The van der Waals surface area contributed by atoms with Crippen LogP contribution in [0.5, 0.6) is 0 Å². The summed E-state index contributed by atoms with van der Waals surface area (Å²) in [5.74, 6) is 0.576. The van der Waals surface area contributed by atoms with Crippen molar-refractivity contribution in [3.63, 3.8) is 0 Å². The maximum atomic E-state index is 11.7. The molecule has 0 aliphatic rings. The summed E-state index contributed by atoms with van der Waals surface area (Å²) in [4.78, 5) is 24.7. The van der Waals surface area contributed by atoms with Crippen LogP contribution in [-0.4, -0.2) is 49.7 Å². The third kappa shape index (κ3) is 17.4. The monoisotopic (exact) mass is 326 g/mol. The Morgan fingerprint density at radius 1 is 0.913 bits per heavy atom. The second-order valence-corrected chi connectivity index (χ2v) is 6.73. The minimum Gasteiger partial charge on any atom is -0.310 e. The zero-order valence-corrected chi connectivity index (χ0v) is 15.7. The van der Waals surface area contributed by atoms with Gasteiger partial charge in [-0.25, -0.2) is 0 Å². The van der Waals surface area contributed by atoms with E-state index >= 15 is 0 Å². The summed E-state index contributed by atoms with van der Waals surface area (Å²) in [6.07, 6.45) is 11.4. The van der Waals surface area contributed by atoms with Gasteiger partial charge in [-0.1, -0.05) is 45.4 Å². The SMILES string of the molecule is CCCCCCNCC(=O)CCCCCCCN(C)CC(C)=O. The van der Waals surface area contributed by atoms with E-state index in [2.05, 4.69) is 17.1 Å². The number of ketones is 2. The maximum Gasteiger partial charge on any atom is 0.146 e. The van der Waals surface area contributed by atoms with Crippen molar-refractivity contribution in [3.05, 3.63) is 0 Å². The summed E-state index contributed by atoms with van der Waals surface area (Å²) in [5.41, 5.74) is 0. The number of nitrogens with zero attached hydrogens (tertiary/aromatic N) is 1. The van der Waals surface area contributed by atoms with Crippen LogP contribution in [0.3, 0.4) is 0 Å². The van der Waals surface area contributed by atoms with E-state index in [0.29, 0.717) is 25.3 Å². The molecule has 0 fully saturated rings. The van der Waals surface area contributed by atoms with E-state index < -0.39 is 0 Å². The first-order valence-electron chi connectivity index (χ1n) is 9.46. The summed E-state index contributed by atoms with van der Waals surface area (Å²) in [6.45, 7) is 6.90. The number of hydrogen-bond donors (Lipinski definition) is 1. The highest BCUT2D eigenvalue weighted by molar-refractivity contribution is 5.80. The van der Waals surface area contributed by atoms with E-state index in [0.717, 1.165) is 32.4 Å². The molecule has 4 nitrogen and oxygen atoms in total. The Hall–Kier alpha value is -0.740. The summed E-state index contributed by atoms with van der Waals surface area (Å²) in [6, 6.07) is 0. The number of hydrogen-bond acceptors (Lipinski definition) is 4. The summed E-state index contributed by atoms with van der Waals surface area (Å²) < 4.78 is 0. The predicted molar refractivity (Wildman–Crippen MR) is 97.9 cm³/mol. The number of Topliss-reactive ketones (excluding diaryl/α,β-unsaturated/α-hetero) is 2. The smallest absolute Gasteiger partial charge is 0.146 e. The van der Waals surface area contributed by atoms with Crippen molar-refractivity contribution in [1.29, 1.82) is 0 Å². The van der Waals surface area contributed by atoms with Gasteiger partial charge < -0.3 is 5.32 Å². The molecule has 0 saturated carbocycles. The molecule has 0 bridgehead atoms. The predicted octanol–water partition coefficient (Wildman–Crippen LogP) is 3.59. The van der Waals surface area contributed by atoms with Gasteiger partial charge in [0.05, 0.1) is 13.1 Å². The molecule has 0 rings (SSSR count). The Morgan fingerprint density at radius 3 is 2.26 bits per heavy atom. The van der Waals surface area contributed by atoms with Crippen LogP contribution in [0.1, 0.15) is 78.1 Å². The Kier molecular flexibility index (Phi) is 15.6. The molecular weight excluding hydrogens is 288 g/mol. The first-order valence-corrected chi connectivity index (χ1v) is 9.46. The highest BCUT2D eigenvalue weighted by Gasteiger charge is 2.03. The van der Waals surface area contributed by atoms with Crippen LogP contribution in [0.4, 0.5) is 0 Å². The molecule has 1 N–H and O–H groups in total. The fraction of sp³-hybridized carbons (Fsp3) is 0.895. The fourth-order valence-corrected chi connectivity index (χ4v) is 2.69. The van der Waals surface area contributed by atoms with Gasteiger partial charge in [-0.2, -0.15) is 0 Å². The average molecular weight is 327 g/mol. The van der Waals surface area contributed by atoms with Crippen molar-refractivity contribution in [2.45, 2.75) is 78.1 Å². The molecule has 0 aliphatic heterocycles. The molecule has 0 atom stereocenters. The molecule has 4 heteroatoms. The van der Waals surface area contributed by atoms with E-state index in [1.165, 1.54) is 38.5 Å². The van der Waals surface area contributed by atoms with E-state index in [1.54, 1.807) is 6.92 Å². The lowest BCUT2D eigenvalue weighted by Gasteiger charge is -2.14. The third-order valence-corrected chi connectivity index (χ3v) is 4.02. The largest absolute Gasteiger partial charge is 0.310 e. The van der Waals surface area contributed by atoms with Crippen LogP contribution < -0.4 is 5.32 Å². The maximum absolute atomic E-state index is 11.7. The second kappa shape index (κ2) is 16.1. The van der Waals surface area contributed by atoms with Crippen molar-refractivity contribution in [2.24, 2.45) is 0 Å². The molecule has 0 amide bonds. The van der Waals surface area contributed by atoms with Gasteiger partial charge in [0.15, 0.2) is 0 Å². The van der Waals surface area contributed by atoms with Crippen LogP contribution in [0, 0.1) is 0 Å². The van der Waals surface area contributed by atoms with Crippen LogP contribution in [-0.2, 0) is 9.59 Å². The molecular formula is C19H38N2O2. The molecule has 0 saturated heterocycles. The van der Waals surface area contributed by atoms with Gasteiger partial charge >= 0.3 is 0 Å². The Morgan fingerprint density at radius 2 is 1.57 bits per heavy atom. The van der Waals surface area contributed by atoms with Crippen LogP contribution in [0.2, 0.25) is 0 Å². The Bertz CT molecular complexity index is 306. The van der Waals surface area contributed by atoms with E-state index in [4.69, 9.17) is 0 Å². The molecule has 136 valence electrons. The number of likely N-dealkylation sites (N-methyl/N-ethyl adjacent to an activating group) is 1. The molecule has 0 spiro atoms. The van der Waals surface area contributed by atoms with Crippen molar-refractivity contribution in [3.8, 4) is 0 Å². The fourth-order valence-electron chi connectivity index (χ4n) is 2.69. The molecule has 0 aliphatic carbocycles.